The van der Waals surface area contributed by atoms with Crippen LogP contribution in [0.15, 0.2) is 36.5 Å². The second-order valence-electron chi connectivity index (χ2n) is 11.4. The fourth-order valence-corrected chi connectivity index (χ4v) is 7.03. The largest absolute Gasteiger partial charge is 0.401 e. The molecule has 1 aromatic carbocycles. The van der Waals surface area contributed by atoms with Crippen molar-refractivity contribution in [3.05, 3.63) is 42.1 Å². The van der Waals surface area contributed by atoms with E-state index in [1.54, 1.807) is 6.20 Å². The van der Waals surface area contributed by atoms with Crippen LogP contribution in [0.3, 0.4) is 0 Å². The monoisotopic (exact) mass is 543 g/mol. The first-order valence-corrected chi connectivity index (χ1v) is 13.8. The number of nitrogens with zero attached hydrogens (tertiary/aromatic N) is 4. The number of nitrogens with one attached hydrogen (secondary N) is 1. The lowest BCUT2D eigenvalue weighted by atomic mass is 9.83. The summed E-state index contributed by atoms with van der Waals surface area (Å²) in [6, 6.07) is 9.43. The summed E-state index contributed by atoms with van der Waals surface area (Å²) >= 11 is 0. The molecule has 39 heavy (non-hydrogen) atoms. The molecule has 1 aromatic heterocycles. The predicted molar refractivity (Wildman–Crippen MR) is 139 cm³/mol. The number of hydrogen-bond donors (Lipinski definition) is 1. The van der Waals surface area contributed by atoms with Crippen molar-refractivity contribution in [1.29, 1.82) is 0 Å². The maximum atomic E-state index is 14.3. The van der Waals surface area contributed by atoms with E-state index in [0.717, 1.165) is 42.0 Å². The number of carbonyl (C=O) groups excluding carboxylic acids is 1. The Labute approximate surface area is 225 Å². The summed E-state index contributed by atoms with van der Waals surface area (Å²) in [4.78, 5) is 24.5. The van der Waals surface area contributed by atoms with Crippen molar-refractivity contribution in [2.45, 2.75) is 62.6 Å². The lowest BCUT2D eigenvalue weighted by molar-refractivity contribution is -0.184. The molecule has 4 bridgehead atoms. The number of halogens is 3. The number of hydrogen-bond acceptors (Lipinski definition) is 7. The molecule has 0 spiro atoms. The summed E-state index contributed by atoms with van der Waals surface area (Å²) in [7, 11) is 0. The summed E-state index contributed by atoms with van der Waals surface area (Å²) in [5.41, 5.74) is 3.51. The minimum absolute atomic E-state index is 0.0565. The van der Waals surface area contributed by atoms with Crippen LogP contribution < -0.4 is 15.1 Å². The van der Waals surface area contributed by atoms with Crippen LogP contribution >= 0.6 is 0 Å². The zero-order chi connectivity index (χ0) is 26.7. The number of rotatable bonds is 3. The van der Waals surface area contributed by atoms with Crippen molar-refractivity contribution >= 4 is 28.8 Å². The van der Waals surface area contributed by atoms with Crippen molar-refractivity contribution in [3.63, 3.8) is 0 Å². The Bertz CT molecular complexity index is 1240. The highest BCUT2D eigenvalue weighted by atomic mass is 19.4. The van der Waals surface area contributed by atoms with Crippen LogP contribution in [0.1, 0.15) is 31.2 Å². The molecule has 5 atom stereocenters. The van der Waals surface area contributed by atoms with Gasteiger partial charge in [-0.2, -0.15) is 13.2 Å². The van der Waals surface area contributed by atoms with Crippen molar-refractivity contribution in [2.75, 3.05) is 48.0 Å². The molecular formula is C28H32F3N5O3. The predicted octanol–water partition coefficient (Wildman–Crippen LogP) is 4.08. The molecule has 11 heteroatoms. The molecular weight excluding hydrogens is 511 g/mol. The quantitative estimate of drug-likeness (QED) is 0.626. The molecule has 6 aliphatic heterocycles. The minimum Gasteiger partial charge on any atom is -0.378 e. The maximum absolute atomic E-state index is 14.3. The van der Waals surface area contributed by atoms with Crippen LogP contribution in [0.4, 0.5) is 36.1 Å². The number of ether oxygens (including phenoxy) is 2. The molecule has 8 nitrogen and oxygen atoms in total. The first-order chi connectivity index (χ1) is 18.8. The number of carbonyl (C=O) groups is 1. The number of alkyl halides is 3. The summed E-state index contributed by atoms with van der Waals surface area (Å²) in [5.74, 6) is 0.263. The normalized spacial score (nSPS) is 30.3. The molecule has 7 heterocycles. The van der Waals surface area contributed by atoms with Crippen molar-refractivity contribution in [1.82, 2.24) is 9.88 Å². The van der Waals surface area contributed by atoms with Crippen LogP contribution in [0.2, 0.25) is 0 Å². The van der Waals surface area contributed by atoms with Gasteiger partial charge in [0.25, 0.3) is 0 Å². The third-order valence-corrected chi connectivity index (χ3v) is 8.91. The van der Waals surface area contributed by atoms with Gasteiger partial charge in [-0.1, -0.05) is 6.07 Å². The molecule has 1 amide bonds. The zero-order valence-electron chi connectivity index (χ0n) is 21.6. The van der Waals surface area contributed by atoms with E-state index in [2.05, 4.69) is 27.3 Å². The van der Waals surface area contributed by atoms with Crippen molar-refractivity contribution in [2.24, 2.45) is 5.92 Å². The third-order valence-electron chi connectivity index (χ3n) is 8.91. The van der Waals surface area contributed by atoms with E-state index in [1.165, 1.54) is 4.90 Å². The Morgan fingerprint density at radius 2 is 1.90 bits per heavy atom. The number of amides is 1. The number of fused-ring (bicyclic) bond motifs is 7. The molecule has 5 saturated heterocycles. The second kappa shape index (κ2) is 9.64. The molecule has 8 rings (SSSR count). The van der Waals surface area contributed by atoms with E-state index in [4.69, 9.17) is 9.47 Å². The summed E-state index contributed by atoms with van der Waals surface area (Å²) in [6.07, 6.45) is 0.500. The van der Waals surface area contributed by atoms with E-state index in [9.17, 15) is 18.0 Å². The third kappa shape index (κ3) is 4.74. The molecule has 2 unspecified atom stereocenters. The number of anilines is 4. The smallest absolute Gasteiger partial charge is 0.378 e. The van der Waals surface area contributed by atoms with Gasteiger partial charge in [-0.05, 0) is 49.9 Å². The average molecular weight is 544 g/mol. The molecule has 5 fully saturated rings. The number of aromatic nitrogens is 1. The molecule has 2 aromatic rings. The number of morpholine rings is 2. The Hall–Kier alpha value is -2.89. The van der Waals surface area contributed by atoms with Crippen LogP contribution in [-0.4, -0.2) is 79.1 Å². The maximum Gasteiger partial charge on any atom is 0.401 e. The lowest BCUT2D eigenvalue weighted by Crippen LogP contribution is -2.60. The summed E-state index contributed by atoms with van der Waals surface area (Å²) in [5, 5.41) is 3.43. The van der Waals surface area contributed by atoms with Gasteiger partial charge in [0.05, 0.1) is 56.4 Å². The summed E-state index contributed by atoms with van der Waals surface area (Å²) < 4.78 is 51.5. The van der Waals surface area contributed by atoms with Crippen molar-refractivity contribution in [3.8, 4) is 0 Å². The van der Waals surface area contributed by atoms with E-state index in [0.29, 0.717) is 37.9 Å². The van der Waals surface area contributed by atoms with Gasteiger partial charge >= 0.3 is 6.18 Å². The SMILES string of the molecule is O=C(C1C[C@H]2COC[C@@H](C1)N2CC(F)(F)F)N1Cc2cccnc2Nc2ccc(N3CC4CC[C@H]3CO4)cc21. The Morgan fingerprint density at radius 1 is 1.08 bits per heavy atom. The van der Waals surface area contributed by atoms with E-state index >= 15 is 0 Å². The van der Waals surface area contributed by atoms with Gasteiger partial charge in [-0.3, -0.25) is 9.69 Å². The number of pyridine rings is 1. The van der Waals surface area contributed by atoms with E-state index < -0.39 is 24.8 Å². The number of piperidine rings is 2. The number of benzene rings is 1. The first kappa shape index (κ1) is 25.1. The van der Waals surface area contributed by atoms with Crippen molar-refractivity contribution < 1.29 is 27.4 Å². The Morgan fingerprint density at radius 3 is 2.59 bits per heavy atom. The molecule has 208 valence electrons. The molecule has 0 saturated carbocycles. The van der Waals surface area contributed by atoms with Gasteiger partial charge in [0.2, 0.25) is 5.91 Å². The van der Waals surface area contributed by atoms with Gasteiger partial charge in [0.1, 0.15) is 5.82 Å². The average Bonchev–Trinajstić information content (AvgIpc) is 3.08. The lowest BCUT2D eigenvalue weighted by Gasteiger charge is -2.48. The molecule has 6 aliphatic rings. The highest BCUT2D eigenvalue weighted by Crippen LogP contribution is 2.42. The van der Waals surface area contributed by atoms with E-state index in [-0.39, 0.29) is 31.1 Å². The van der Waals surface area contributed by atoms with Gasteiger partial charge in [0.15, 0.2) is 0 Å². The first-order valence-electron chi connectivity index (χ1n) is 13.8. The fraction of sp³-hybridized carbons (Fsp3) is 0.571. The molecule has 0 radical (unpaired) electrons. The molecule has 0 aliphatic carbocycles. The standard InChI is InChI=1S/C28H32F3N5O3/c29-28(30,31)16-36-21-8-18(9-22(36)14-38-13-21)27(37)35-11-17-2-1-7-32-26(17)33-24-6-4-19(10-25(24)35)34-12-23-5-3-20(34)15-39-23/h1-2,4,6-7,10,18,20-23H,3,5,8-9,11-16H2,(H,32,33)/t18?,20-,21-,22+,23?/m0/s1. The minimum atomic E-state index is -4.29. The van der Waals surface area contributed by atoms with Gasteiger partial charge in [-0.25, -0.2) is 4.98 Å². The molecule has 1 N–H and O–H groups in total. The van der Waals surface area contributed by atoms with Crippen LogP contribution in [0.25, 0.3) is 0 Å². The van der Waals surface area contributed by atoms with E-state index in [1.807, 2.05) is 23.1 Å². The van der Waals surface area contributed by atoms with Gasteiger partial charge in [-0.15, -0.1) is 0 Å². The second-order valence-corrected chi connectivity index (χ2v) is 11.4. The van der Waals surface area contributed by atoms with Gasteiger partial charge in [0, 0.05) is 42.0 Å². The topological polar surface area (TPSA) is 70.2 Å². The van der Waals surface area contributed by atoms with Crippen LogP contribution in [-0.2, 0) is 20.8 Å². The highest BCUT2D eigenvalue weighted by molar-refractivity contribution is 6.00. The Balaban J connectivity index is 1.21. The zero-order valence-corrected chi connectivity index (χ0v) is 21.6. The highest BCUT2D eigenvalue weighted by Gasteiger charge is 2.47. The van der Waals surface area contributed by atoms with Crippen LogP contribution in [0.5, 0.6) is 0 Å². The Kier molecular flexibility index (Phi) is 6.20. The van der Waals surface area contributed by atoms with Crippen LogP contribution in [0, 0.1) is 5.92 Å². The summed E-state index contributed by atoms with van der Waals surface area (Å²) in [6.45, 7) is 1.34. The fourth-order valence-electron chi connectivity index (χ4n) is 7.03. The van der Waals surface area contributed by atoms with Gasteiger partial charge < -0.3 is 24.6 Å².